The predicted molar refractivity (Wildman–Crippen MR) is 84.0 cm³/mol. The molecule has 1 aliphatic heterocycles. The predicted octanol–water partition coefficient (Wildman–Crippen LogP) is 2.43. The molecular weight excluding hydrogens is 319 g/mol. The van der Waals surface area contributed by atoms with E-state index in [1.807, 2.05) is 6.92 Å². The summed E-state index contributed by atoms with van der Waals surface area (Å²) in [4.78, 5) is 0.296. The van der Waals surface area contributed by atoms with Crippen LogP contribution in [0.15, 0.2) is 23.1 Å². The van der Waals surface area contributed by atoms with Gasteiger partial charge in [0, 0.05) is 17.6 Å². The standard InChI is InChI=1S/C13H19ClN2O2S.ClH/c1-9-3-4-12(14)6-13(9)19(17,18)16-8-11(7-15)5-10(16)2;/h3-4,6,10-11H,5,7-8,15H2,1-2H3;1H. The number of halogens is 2. The molecule has 1 heterocycles. The van der Waals surface area contributed by atoms with Gasteiger partial charge in [-0.3, -0.25) is 0 Å². The zero-order valence-electron chi connectivity index (χ0n) is 11.5. The summed E-state index contributed by atoms with van der Waals surface area (Å²) in [5.41, 5.74) is 6.37. The molecule has 4 nitrogen and oxygen atoms in total. The van der Waals surface area contributed by atoms with Crippen LogP contribution in [0.5, 0.6) is 0 Å². The van der Waals surface area contributed by atoms with Crippen molar-refractivity contribution in [1.82, 2.24) is 4.31 Å². The highest BCUT2D eigenvalue weighted by Crippen LogP contribution is 2.31. The van der Waals surface area contributed by atoms with E-state index in [1.165, 1.54) is 6.07 Å². The second kappa shape index (κ2) is 6.62. The van der Waals surface area contributed by atoms with Crippen LogP contribution in [-0.4, -0.2) is 31.9 Å². The number of hydrogen-bond acceptors (Lipinski definition) is 3. The highest BCUT2D eigenvalue weighted by Gasteiger charge is 2.37. The van der Waals surface area contributed by atoms with E-state index in [0.29, 0.717) is 28.6 Å². The van der Waals surface area contributed by atoms with E-state index >= 15 is 0 Å². The maximum absolute atomic E-state index is 12.7. The van der Waals surface area contributed by atoms with Gasteiger partial charge in [0.15, 0.2) is 0 Å². The molecule has 1 aliphatic rings. The average Bonchev–Trinajstić information content (AvgIpc) is 2.74. The van der Waals surface area contributed by atoms with Crippen LogP contribution in [0.4, 0.5) is 0 Å². The van der Waals surface area contributed by atoms with E-state index in [-0.39, 0.29) is 24.4 Å². The lowest BCUT2D eigenvalue weighted by Crippen LogP contribution is -2.34. The third kappa shape index (κ3) is 3.28. The molecule has 0 amide bonds. The minimum atomic E-state index is -3.49. The number of hydrogen-bond donors (Lipinski definition) is 1. The first-order valence-electron chi connectivity index (χ1n) is 6.34. The first-order valence-corrected chi connectivity index (χ1v) is 8.16. The number of rotatable bonds is 3. The number of aryl methyl sites for hydroxylation is 1. The molecule has 0 bridgehead atoms. The topological polar surface area (TPSA) is 63.4 Å². The molecular formula is C13H20Cl2N2O2S. The summed E-state index contributed by atoms with van der Waals surface area (Å²) < 4.78 is 27.0. The average molecular weight is 339 g/mol. The zero-order chi connectivity index (χ0) is 14.2. The maximum Gasteiger partial charge on any atom is 0.243 e. The Hall–Kier alpha value is -0.330. The summed E-state index contributed by atoms with van der Waals surface area (Å²) in [6.07, 6.45) is 0.815. The molecule has 114 valence electrons. The third-order valence-electron chi connectivity index (χ3n) is 3.67. The summed E-state index contributed by atoms with van der Waals surface area (Å²) in [6, 6.07) is 4.94. The van der Waals surface area contributed by atoms with Crippen LogP contribution in [0.1, 0.15) is 18.9 Å². The molecule has 0 spiro atoms. The van der Waals surface area contributed by atoms with Gasteiger partial charge in [-0.2, -0.15) is 4.31 Å². The number of benzene rings is 1. The van der Waals surface area contributed by atoms with Gasteiger partial charge in [0.1, 0.15) is 0 Å². The van der Waals surface area contributed by atoms with Crippen molar-refractivity contribution in [3.8, 4) is 0 Å². The van der Waals surface area contributed by atoms with E-state index < -0.39 is 10.0 Å². The molecule has 1 aromatic carbocycles. The van der Waals surface area contributed by atoms with Crippen molar-refractivity contribution in [2.24, 2.45) is 11.7 Å². The molecule has 0 radical (unpaired) electrons. The van der Waals surface area contributed by atoms with Gasteiger partial charge in [0.25, 0.3) is 0 Å². The Morgan fingerprint density at radius 1 is 1.45 bits per heavy atom. The van der Waals surface area contributed by atoms with E-state index in [1.54, 1.807) is 23.4 Å². The van der Waals surface area contributed by atoms with Crippen molar-refractivity contribution in [2.75, 3.05) is 13.1 Å². The second-order valence-corrected chi connectivity index (χ2v) is 7.47. The van der Waals surface area contributed by atoms with Gasteiger partial charge in [0.05, 0.1) is 4.90 Å². The van der Waals surface area contributed by atoms with E-state index in [4.69, 9.17) is 17.3 Å². The van der Waals surface area contributed by atoms with Gasteiger partial charge in [0.2, 0.25) is 10.0 Å². The highest BCUT2D eigenvalue weighted by molar-refractivity contribution is 7.89. The second-order valence-electron chi connectivity index (χ2n) is 5.17. The first kappa shape index (κ1) is 17.7. The Balaban J connectivity index is 0.00000200. The fraction of sp³-hybridized carbons (Fsp3) is 0.538. The lowest BCUT2D eigenvalue weighted by Gasteiger charge is -2.22. The van der Waals surface area contributed by atoms with Crippen LogP contribution in [0.2, 0.25) is 5.02 Å². The Labute approximate surface area is 131 Å². The minimum Gasteiger partial charge on any atom is -0.330 e. The van der Waals surface area contributed by atoms with Crippen LogP contribution < -0.4 is 5.73 Å². The molecule has 1 saturated heterocycles. The van der Waals surface area contributed by atoms with E-state index in [0.717, 1.165) is 6.42 Å². The largest absolute Gasteiger partial charge is 0.330 e. The molecule has 7 heteroatoms. The van der Waals surface area contributed by atoms with Crippen molar-refractivity contribution in [3.63, 3.8) is 0 Å². The van der Waals surface area contributed by atoms with Crippen molar-refractivity contribution in [2.45, 2.75) is 31.2 Å². The lowest BCUT2D eigenvalue weighted by molar-refractivity contribution is 0.404. The fourth-order valence-electron chi connectivity index (χ4n) is 2.59. The van der Waals surface area contributed by atoms with Gasteiger partial charge in [-0.1, -0.05) is 17.7 Å². The smallest absolute Gasteiger partial charge is 0.243 e. The maximum atomic E-state index is 12.7. The van der Waals surface area contributed by atoms with Crippen molar-refractivity contribution >= 4 is 34.0 Å². The molecule has 2 N–H and O–H groups in total. The highest BCUT2D eigenvalue weighted by atomic mass is 35.5. The number of sulfonamides is 1. The summed E-state index contributed by atoms with van der Waals surface area (Å²) >= 11 is 5.92. The Morgan fingerprint density at radius 3 is 2.65 bits per heavy atom. The Bertz CT molecular complexity index is 578. The summed E-state index contributed by atoms with van der Waals surface area (Å²) in [6.45, 7) is 4.72. The summed E-state index contributed by atoms with van der Waals surface area (Å²) in [7, 11) is -3.49. The first-order chi connectivity index (χ1) is 8.86. The van der Waals surface area contributed by atoms with Crippen molar-refractivity contribution in [3.05, 3.63) is 28.8 Å². The lowest BCUT2D eigenvalue weighted by atomic mass is 10.1. The summed E-state index contributed by atoms with van der Waals surface area (Å²) in [5, 5.41) is 0.436. The molecule has 0 aromatic heterocycles. The van der Waals surface area contributed by atoms with Crippen LogP contribution in [0.25, 0.3) is 0 Å². The molecule has 2 unspecified atom stereocenters. The van der Waals surface area contributed by atoms with Gasteiger partial charge in [-0.05, 0) is 50.4 Å². The molecule has 20 heavy (non-hydrogen) atoms. The molecule has 1 fully saturated rings. The molecule has 0 saturated carbocycles. The zero-order valence-corrected chi connectivity index (χ0v) is 13.9. The quantitative estimate of drug-likeness (QED) is 0.920. The van der Waals surface area contributed by atoms with Gasteiger partial charge < -0.3 is 5.73 Å². The monoisotopic (exact) mass is 338 g/mol. The Morgan fingerprint density at radius 2 is 2.10 bits per heavy atom. The Kier molecular flexibility index (Phi) is 5.87. The van der Waals surface area contributed by atoms with Crippen molar-refractivity contribution in [1.29, 1.82) is 0 Å². The number of nitrogens with two attached hydrogens (primary N) is 1. The van der Waals surface area contributed by atoms with Gasteiger partial charge in [-0.25, -0.2) is 8.42 Å². The molecule has 1 aromatic rings. The molecule has 0 aliphatic carbocycles. The summed E-state index contributed by atoms with van der Waals surface area (Å²) in [5.74, 6) is 0.240. The SMILES string of the molecule is Cc1ccc(Cl)cc1S(=O)(=O)N1CC(CN)CC1C.Cl. The van der Waals surface area contributed by atoms with Crippen LogP contribution in [0, 0.1) is 12.8 Å². The minimum absolute atomic E-state index is 0. The van der Waals surface area contributed by atoms with Crippen LogP contribution in [-0.2, 0) is 10.0 Å². The number of nitrogens with zero attached hydrogens (tertiary/aromatic N) is 1. The molecule has 2 rings (SSSR count). The normalized spacial score (nSPS) is 23.6. The molecule has 2 atom stereocenters. The third-order valence-corrected chi connectivity index (χ3v) is 6.03. The van der Waals surface area contributed by atoms with Crippen molar-refractivity contribution < 1.29 is 8.42 Å². The fourth-order valence-corrected chi connectivity index (χ4v) is 4.80. The van der Waals surface area contributed by atoms with E-state index in [9.17, 15) is 8.42 Å². The van der Waals surface area contributed by atoms with Gasteiger partial charge >= 0.3 is 0 Å². The van der Waals surface area contributed by atoms with Crippen LogP contribution in [0.3, 0.4) is 0 Å². The van der Waals surface area contributed by atoms with Gasteiger partial charge in [-0.15, -0.1) is 12.4 Å². The van der Waals surface area contributed by atoms with E-state index in [2.05, 4.69) is 0 Å². The van der Waals surface area contributed by atoms with Crippen LogP contribution >= 0.6 is 24.0 Å².